The van der Waals surface area contributed by atoms with Gasteiger partial charge in [0.15, 0.2) is 12.1 Å². The first-order valence-corrected chi connectivity index (χ1v) is 6.20. The molecular weight excluding hydrogens is 232 g/mol. The van der Waals surface area contributed by atoms with Crippen LogP contribution in [0.4, 0.5) is 0 Å². The summed E-state index contributed by atoms with van der Waals surface area (Å²) < 4.78 is 16.0. The van der Waals surface area contributed by atoms with Crippen molar-refractivity contribution < 1.29 is 19.0 Å². The van der Waals surface area contributed by atoms with Crippen molar-refractivity contribution >= 4 is 5.78 Å². The first-order valence-electron chi connectivity index (χ1n) is 6.20. The summed E-state index contributed by atoms with van der Waals surface area (Å²) >= 11 is 0. The lowest BCUT2D eigenvalue weighted by Crippen LogP contribution is -2.25. The van der Waals surface area contributed by atoms with E-state index < -0.39 is 0 Å². The maximum atomic E-state index is 11.7. The Morgan fingerprint density at radius 2 is 2.33 bits per heavy atom. The van der Waals surface area contributed by atoms with Crippen molar-refractivity contribution in [2.45, 2.75) is 25.6 Å². The van der Waals surface area contributed by atoms with Gasteiger partial charge in [-0.15, -0.1) is 0 Å². The zero-order chi connectivity index (χ0) is 12.8. The molecule has 0 aromatic heterocycles. The van der Waals surface area contributed by atoms with Gasteiger partial charge in [-0.2, -0.15) is 0 Å². The Bertz CT molecular complexity index is 397. The molecule has 4 nitrogen and oxygen atoms in total. The van der Waals surface area contributed by atoms with Crippen molar-refractivity contribution in [2.24, 2.45) is 0 Å². The van der Waals surface area contributed by atoms with Crippen LogP contribution in [-0.4, -0.2) is 32.4 Å². The van der Waals surface area contributed by atoms with Crippen LogP contribution >= 0.6 is 0 Å². The van der Waals surface area contributed by atoms with Gasteiger partial charge in [0.25, 0.3) is 0 Å². The third-order valence-corrected chi connectivity index (χ3v) is 2.84. The minimum Gasteiger partial charge on any atom is -0.465 e. The Balaban J connectivity index is 2.00. The highest BCUT2D eigenvalue weighted by Crippen LogP contribution is 2.20. The third kappa shape index (κ3) is 3.55. The van der Waals surface area contributed by atoms with E-state index in [1.807, 2.05) is 6.07 Å². The van der Waals surface area contributed by atoms with E-state index in [9.17, 15) is 4.79 Å². The second kappa shape index (κ2) is 6.52. The van der Waals surface area contributed by atoms with Gasteiger partial charge in [-0.3, -0.25) is 4.79 Å². The van der Waals surface area contributed by atoms with E-state index in [4.69, 9.17) is 14.2 Å². The van der Waals surface area contributed by atoms with Crippen LogP contribution in [0.25, 0.3) is 0 Å². The number of methoxy groups -OCH3 is 1. The molecule has 4 heteroatoms. The standard InChI is InChI=1S/C14H18O4/c1-16-10-13(15)11-5-4-6-12(9-11)18-14-7-2-3-8-17-14/h4-6,9,14H,2-3,7-8,10H2,1H3/t14-/m0/s1. The summed E-state index contributed by atoms with van der Waals surface area (Å²) in [6, 6.07) is 7.14. The van der Waals surface area contributed by atoms with E-state index in [-0.39, 0.29) is 18.7 Å². The molecule has 18 heavy (non-hydrogen) atoms. The Hall–Kier alpha value is -1.39. The minimum absolute atomic E-state index is 0.0486. The zero-order valence-corrected chi connectivity index (χ0v) is 10.6. The summed E-state index contributed by atoms with van der Waals surface area (Å²) in [5.41, 5.74) is 0.602. The van der Waals surface area contributed by atoms with E-state index in [2.05, 4.69) is 0 Å². The van der Waals surface area contributed by atoms with Gasteiger partial charge in [-0.25, -0.2) is 0 Å². The molecule has 0 aliphatic carbocycles. The number of Topliss-reactive ketones (excluding diaryl/α,β-unsaturated/α-hetero) is 1. The fourth-order valence-corrected chi connectivity index (χ4v) is 1.91. The van der Waals surface area contributed by atoms with Gasteiger partial charge < -0.3 is 14.2 Å². The first kappa shape index (κ1) is 13.1. The van der Waals surface area contributed by atoms with Crippen LogP contribution in [0.1, 0.15) is 29.6 Å². The van der Waals surface area contributed by atoms with Crippen molar-refractivity contribution in [2.75, 3.05) is 20.3 Å². The lowest BCUT2D eigenvalue weighted by atomic mass is 10.1. The van der Waals surface area contributed by atoms with Gasteiger partial charge >= 0.3 is 0 Å². The van der Waals surface area contributed by atoms with Crippen molar-refractivity contribution in [1.29, 1.82) is 0 Å². The van der Waals surface area contributed by atoms with Crippen LogP contribution in [0.3, 0.4) is 0 Å². The molecule has 98 valence electrons. The first-order chi connectivity index (χ1) is 8.79. The molecule has 2 rings (SSSR count). The summed E-state index contributed by atoms with van der Waals surface area (Å²) in [4.78, 5) is 11.7. The average Bonchev–Trinajstić information content (AvgIpc) is 2.40. The quantitative estimate of drug-likeness (QED) is 0.753. The van der Waals surface area contributed by atoms with Crippen molar-refractivity contribution in [3.8, 4) is 5.75 Å². The number of carbonyl (C=O) groups is 1. The number of ether oxygens (including phenoxy) is 3. The summed E-state index contributed by atoms with van der Waals surface area (Å²) in [6.45, 7) is 0.830. The van der Waals surface area contributed by atoms with Crippen LogP contribution < -0.4 is 4.74 Å². The number of ketones is 1. The maximum Gasteiger partial charge on any atom is 0.199 e. The van der Waals surface area contributed by atoms with Crippen LogP contribution in [-0.2, 0) is 9.47 Å². The number of hydrogen-bond acceptors (Lipinski definition) is 4. The molecule has 1 aliphatic heterocycles. The molecule has 1 fully saturated rings. The molecule has 1 aromatic rings. The molecule has 1 atom stereocenters. The fourth-order valence-electron chi connectivity index (χ4n) is 1.91. The van der Waals surface area contributed by atoms with Crippen LogP contribution in [0.2, 0.25) is 0 Å². The van der Waals surface area contributed by atoms with E-state index in [1.54, 1.807) is 18.2 Å². The monoisotopic (exact) mass is 250 g/mol. The Kier molecular flexibility index (Phi) is 4.73. The minimum atomic E-state index is -0.188. The second-order valence-corrected chi connectivity index (χ2v) is 4.30. The molecule has 1 aliphatic rings. The predicted octanol–water partition coefficient (Wildman–Crippen LogP) is 2.42. The SMILES string of the molecule is COCC(=O)c1cccc(O[C@H]2CCCCO2)c1. The molecule has 0 amide bonds. The highest BCUT2D eigenvalue weighted by Gasteiger charge is 2.15. The van der Waals surface area contributed by atoms with Gasteiger partial charge in [0, 0.05) is 19.1 Å². The molecule has 0 N–H and O–H groups in total. The zero-order valence-electron chi connectivity index (χ0n) is 10.6. The lowest BCUT2D eigenvalue weighted by molar-refractivity contribution is -0.105. The number of carbonyl (C=O) groups excluding carboxylic acids is 1. The predicted molar refractivity (Wildman–Crippen MR) is 66.9 cm³/mol. The normalized spacial score (nSPS) is 19.5. The molecule has 0 unspecified atom stereocenters. The fraction of sp³-hybridized carbons (Fsp3) is 0.500. The van der Waals surface area contributed by atoms with E-state index in [0.29, 0.717) is 11.3 Å². The molecular formula is C14H18O4. The molecule has 0 spiro atoms. The maximum absolute atomic E-state index is 11.7. The second-order valence-electron chi connectivity index (χ2n) is 4.30. The van der Waals surface area contributed by atoms with Crippen LogP contribution in [0.5, 0.6) is 5.75 Å². The van der Waals surface area contributed by atoms with E-state index >= 15 is 0 Å². The third-order valence-electron chi connectivity index (χ3n) is 2.84. The summed E-state index contributed by atoms with van der Waals surface area (Å²) in [5, 5.41) is 0. The molecule has 1 heterocycles. The van der Waals surface area contributed by atoms with Gasteiger partial charge in [-0.05, 0) is 25.0 Å². The lowest BCUT2D eigenvalue weighted by Gasteiger charge is -2.23. The highest BCUT2D eigenvalue weighted by atomic mass is 16.7. The highest BCUT2D eigenvalue weighted by molar-refractivity contribution is 5.97. The number of benzene rings is 1. The Morgan fingerprint density at radius 1 is 1.44 bits per heavy atom. The topological polar surface area (TPSA) is 44.8 Å². The largest absolute Gasteiger partial charge is 0.465 e. The molecule has 0 bridgehead atoms. The molecule has 0 saturated carbocycles. The van der Waals surface area contributed by atoms with Gasteiger partial charge in [0.05, 0.1) is 6.61 Å². The average molecular weight is 250 g/mol. The van der Waals surface area contributed by atoms with Gasteiger partial charge in [0.1, 0.15) is 12.4 Å². The summed E-state index contributed by atoms with van der Waals surface area (Å²) in [5.74, 6) is 0.622. The van der Waals surface area contributed by atoms with Crippen LogP contribution in [0.15, 0.2) is 24.3 Å². The van der Waals surface area contributed by atoms with Crippen molar-refractivity contribution in [1.82, 2.24) is 0 Å². The summed E-state index contributed by atoms with van der Waals surface area (Å²) in [6.07, 6.45) is 2.92. The number of rotatable bonds is 5. The Morgan fingerprint density at radius 3 is 3.06 bits per heavy atom. The molecule has 1 aromatic carbocycles. The van der Waals surface area contributed by atoms with Crippen molar-refractivity contribution in [3.05, 3.63) is 29.8 Å². The summed E-state index contributed by atoms with van der Waals surface area (Å²) in [7, 11) is 1.51. The molecule has 1 saturated heterocycles. The Labute approximate surface area is 107 Å². The number of hydrogen-bond donors (Lipinski definition) is 0. The van der Waals surface area contributed by atoms with Crippen LogP contribution in [0, 0.1) is 0 Å². The van der Waals surface area contributed by atoms with E-state index in [0.717, 1.165) is 25.9 Å². The van der Waals surface area contributed by atoms with E-state index in [1.165, 1.54) is 7.11 Å². The van der Waals surface area contributed by atoms with Crippen molar-refractivity contribution in [3.63, 3.8) is 0 Å². The van der Waals surface area contributed by atoms with Gasteiger partial charge in [0.2, 0.25) is 0 Å². The smallest absolute Gasteiger partial charge is 0.199 e. The molecule has 0 radical (unpaired) electrons. The van der Waals surface area contributed by atoms with Gasteiger partial charge in [-0.1, -0.05) is 12.1 Å².